The van der Waals surface area contributed by atoms with Gasteiger partial charge in [0.2, 0.25) is 0 Å². The SMILES string of the molecule is c1csc(-c2ccc(-c3cccs3)n2-c2cccc3ccccc23)c1. The van der Waals surface area contributed by atoms with Gasteiger partial charge in [0.15, 0.2) is 0 Å². The molecule has 0 amide bonds. The van der Waals surface area contributed by atoms with E-state index in [4.69, 9.17) is 0 Å². The minimum absolute atomic E-state index is 1.23. The molecule has 120 valence electrons. The van der Waals surface area contributed by atoms with Gasteiger partial charge in [-0.25, -0.2) is 0 Å². The van der Waals surface area contributed by atoms with Crippen molar-refractivity contribution in [1.29, 1.82) is 0 Å². The van der Waals surface area contributed by atoms with Gasteiger partial charge in [0.1, 0.15) is 0 Å². The fourth-order valence-electron chi connectivity index (χ4n) is 3.33. The van der Waals surface area contributed by atoms with Crippen LogP contribution in [-0.4, -0.2) is 4.57 Å². The van der Waals surface area contributed by atoms with Gasteiger partial charge in [0.05, 0.1) is 26.8 Å². The second kappa shape index (κ2) is 6.03. The molecule has 0 bridgehead atoms. The molecule has 0 atom stereocenters. The zero-order valence-corrected chi connectivity index (χ0v) is 15.1. The molecule has 0 saturated heterocycles. The lowest BCUT2D eigenvalue weighted by Gasteiger charge is -2.15. The van der Waals surface area contributed by atoms with E-state index in [9.17, 15) is 0 Å². The van der Waals surface area contributed by atoms with E-state index in [0.717, 1.165) is 0 Å². The largest absolute Gasteiger partial charge is 0.307 e. The maximum atomic E-state index is 2.40. The highest BCUT2D eigenvalue weighted by atomic mass is 32.1. The molecule has 5 rings (SSSR count). The van der Waals surface area contributed by atoms with Crippen LogP contribution in [-0.2, 0) is 0 Å². The van der Waals surface area contributed by atoms with Gasteiger partial charge in [0.25, 0.3) is 0 Å². The Morgan fingerprint density at radius 3 is 1.84 bits per heavy atom. The molecule has 0 fully saturated rings. The smallest absolute Gasteiger partial charge is 0.0635 e. The number of hydrogen-bond acceptors (Lipinski definition) is 2. The lowest BCUT2D eigenvalue weighted by Crippen LogP contribution is -1.99. The Morgan fingerprint density at radius 2 is 1.20 bits per heavy atom. The number of fused-ring (bicyclic) bond motifs is 1. The van der Waals surface area contributed by atoms with Crippen LogP contribution in [0.3, 0.4) is 0 Å². The molecule has 0 saturated carbocycles. The van der Waals surface area contributed by atoms with Crippen molar-refractivity contribution in [3.8, 4) is 26.8 Å². The highest BCUT2D eigenvalue weighted by Crippen LogP contribution is 2.37. The van der Waals surface area contributed by atoms with E-state index in [1.54, 1.807) is 22.7 Å². The molecule has 0 spiro atoms. The third-order valence-electron chi connectivity index (χ3n) is 4.44. The van der Waals surface area contributed by atoms with Gasteiger partial charge in [-0.15, -0.1) is 22.7 Å². The summed E-state index contributed by atoms with van der Waals surface area (Å²) in [5, 5.41) is 6.82. The summed E-state index contributed by atoms with van der Waals surface area (Å²) in [6.45, 7) is 0. The monoisotopic (exact) mass is 357 g/mol. The van der Waals surface area contributed by atoms with Gasteiger partial charge in [-0.3, -0.25) is 0 Å². The predicted molar refractivity (Wildman–Crippen MR) is 110 cm³/mol. The van der Waals surface area contributed by atoms with Crippen LogP contribution in [0.1, 0.15) is 0 Å². The van der Waals surface area contributed by atoms with Crippen molar-refractivity contribution < 1.29 is 0 Å². The fraction of sp³-hybridized carbons (Fsp3) is 0. The first kappa shape index (κ1) is 14.7. The molecule has 0 aliphatic carbocycles. The molecule has 3 heterocycles. The molecule has 0 radical (unpaired) electrons. The van der Waals surface area contributed by atoms with Crippen molar-refractivity contribution in [2.24, 2.45) is 0 Å². The third kappa shape index (κ3) is 2.44. The summed E-state index contributed by atoms with van der Waals surface area (Å²) in [6, 6.07) is 28.2. The highest BCUT2D eigenvalue weighted by molar-refractivity contribution is 7.14. The summed E-state index contributed by atoms with van der Waals surface area (Å²) in [5.41, 5.74) is 3.72. The average molecular weight is 358 g/mol. The van der Waals surface area contributed by atoms with Crippen LogP contribution >= 0.6 is 22.7 Å². The first-order chi connectivity index (χ1) is 12.4. The summed E-state index contributed by atoms with van der Waals surface area (Å²) in [7, 11) is 0. The van der Waals surface area contributed by atoms with Crippen molar-refractivity contribution >= 4 is 33.4 Å². The van der Waals surface area contributed by atoms with Crippen molar-refractivity contribution in [2.75, 3.05) is 0 Å². The highest BCUT2D eigenvalue weighted by Gasteiger charge is 2.16. The Morgan fingerprint density at radius 1 is 0.560 bits per heavy atom. The standard InChI is InChI=1S/C22H15NS2/c1-2-8-17-16(6-1)7-3-9-18(17)23-19(21-10-4-14-24-21)12-13-20(23)22-11-5-15-25-22/h1-15H. The molecule has 1 nitrogen and oxygen atoms in total. The molecule has 0 aliphatic heterocycles. The molecule has 0 N–H and O–H groups in total. The number of rotatable bonds is 3. The molecule has 3 heteroatoms. The number of thiophene rings is 2. The van der Waals surface area contributed by atoms with Crippen molar-refractivity contribution in [2.45, 2.75) is 0 Å². The Bertz CT molecular complexity index is 1080. The average Bonchev–Trinajstić information content (AvgIpc) is 3.41. The summed E-state index contributed by atoms with van der Waals surface area (Å²) < 4.78 is 2.40. The van der Waals surface area contributed by atoms with Crippen molar-refractivity contribution in [1.82, 2.24) is 4.57 Å². The summed E-state index contributed by atoms with van der Waals surface area (Å²) >= 11 is 3.57. The van der Waals surface area contributed by atoms with Crippen molar-refractivity contribution in [3.05, 3.63) is 89.6 Å². The molecular weight excluding hydrogens is 342 g/mol. The zero-order chi connectivity index (χ0) is 16.6. The Labute approximate surface area is 154 Å². The maximum Gasteiger partial charge on any atom is 0.0635 e. The second-order valence-corrected chi connectivity index (χ2v) is 7.79. The van der Waals surface area contributed by atoms with E-state index in [1.165, 1.54) is 37.6 Å². The second-order valence-electron chi connectivity index (χ2n) is 5.89. The Balaban J connectivity index is 1.86. The Hall–Kier alpha value is -2.62. The van der Waals surface area contributed by atoms with E-state index in [2.05, 4.69) is 94.2 Å². The van der Waals surface area contributed by atoms with Crippen LogP contribution in [0.5, 0.6) is 0 Å². The normalized spacial score (nSPS) is 11.2. The quantitative estimate of drug-likeness (QED) is 0.325. The molecule has 3 aromatic heterocycles. The first-order valence-electron chi connectivity index (χ1n) is 8.19. The Kier molecular flexibility index (Phi) is 3.54. The van der Waals surface area contributed by atoms with Crippen molar-refractivity contribution in [3.63, 3.8) is 0 Å². The predicted octanol–water partition coefficient (Wildman–Crippen LogP) is 7.09. The minimum atomic E-state index is 1.23. The number of hydrogen-bond donors (Lipinski definition) is 0. The van der Waals surface area contributed by atoms with Crippen LogP contribution in [0.2, 0.25) is 0 Å². The van der Waals surface area contributed by atoms with E-state index >= 15 is 0 Å². The number of aromatic nitrogens is 1. The van der Waals surface area contributed by atoms with Gasteiger partial charge in [0, 0.05) is 5.39 Å². The summed E-state index contributed by atoms with van der Waals surface area (Å²) in [6.07, 6.45) is 0. The zero-order valence-electron chi connectivity index (χ0n) is 13.4. The van der Waals surface area contributed by atoms with E-state index in [0.29, 0.717) is 0 Å². The lowest BCUT2D eigenvalue weighted by molar-refractivity contribution is 1.12. The number of nitrogens with zero attached hydrogens (tertiary/aromatic N) is 1. The molecule has 25 heavy (non-hydrogen) atoms. The van der Waals surface area contributed by atoms with Crippen LogP contribution < -0.4 is 0 Å². The minimum Gasteiger partial charge on any atom is -0.307 e. The number of benzene rings is 2. The van der Waals surface area contributed by atoms with Crippen LogP contribution in [0.15, 0.2) is 89.6 Å². The first-order valence-corrected chi connectivity index (χ1v) is 9.95. The third-order valence-corrected chi connectivity index (χ3v) is 6.22. The van der Waals surface area contributed by atoms with Gasteiger partial charge >= 0.3 is 0 Å². The van der Waals surface area contributed by atoms with Crippen LogP contribution in [0, 0.1) is 0 Å². The fourth-order valence-corrected chi connectivity index (χ4v) is 4.81. The molecule has 5 aromatic rings. The van der Waals surface area contributed by atoms with Gasteiger partial charge in [-0.1, -0.05) is 48.5 Å². The van der Waals surface area contributed by atoms with E-state index in [1.807, 2.05) is 0 Å². The van der Waals surface area contributed by atoms with E-state index < -0.39 is 0 Å². The maximum absolute atomic E-state index is 2.40. The molecule has 0 unspecified atom stereocenters. The van der Waals surface area contributed by atoms with Crippen LogP contribution in [0.25, 0.3) is 37.6 Å². The van der Waals surface area contributed by atoms with Gasteiger partial charge in [-0.2, -0.15) is 0 Å². The summed E-state index contributed by atoms with van der Waals surface area (Å²) in [5.74, 6) is 0. The molecular formula is C22H15NS2. The van der Waals surface area contributed by atoms with Crippen LogP contribution in [0.4, 0.5) is 0 Å². The topological polar surface area (TPSA) is 4.93 Å². The lowest BCUT2D eigenvalue weighted by atomic mass is 10.1. The van der Waals surface area contributed by atoms with Gasteiger partial charge in [-0.05, 0) is 46.5 Å². The van der Waals surface area contributed by atoms with Gasteiger partial charge < -0.3 is 4.57 Å². The molecule has 2 aromatic carbocycles. The van der Waals surface area contributed by atoms with E-state index in [-0.39, 0.29) is 0 Å². The summed E-state index contributed by atoms with van der Waals surface area (Å²) in [4.78, 5) is 2.58. The molecule has 0 aliphatic rings.